The average molecular weight is 489 g/mol. The predicted octanol–water partition coefficient (Wildman–Crippen LogP) is 2.50. The van der Waals surface area contributed by atoms with E-state index in [4.69, 9.17) is 0 Å². The molecular formula is C28H32N4O4. The molecular weight excluding hydrogens is 456 g/mol. The summed E-state index contributed by atoms with van der Waals surface area (Å²) < 4.78 is 0. The van der Waals surface area contributed by atoms with Gasteiger partial charge in [0.25, 0.3) is 11.8 Å². The molecule has 0 N–H and O–H groups in total. The summed E-state index contributed by atoms with van der Waals surface area (Å²) in [6.07, 6.45) is 0.320. The number of nitrogens with zero attached hydrogens (tertiary/aromatic N) is 4. The molecule has 4 amide bonds. The van der Waals surface area contributed by atoms with Crippen LogP contribution in [-0.2, 0) is 19.2 Å². The fourth-order valence-corrected chi connectivity index (χ4v) is 5.87. The molecule has 36 heavy (non-hydrogen) atoms. The van der Waals surface area contributed by atoms with Crippen LogP contribution in [0.4, 0.5) is 11.4 Å². The van der Waals surface area contributed by atoms with Crippen molar-refractivity contribution in [2.45, 2.75) is 52.6 Å². The number of anilines is 2. The summed E-state index contributed by atoms with van der Waals surface area (Å²) in [6, 6.07) is 10.5. The third kappa shape index (κ3) is 4.35. The number of hydrogen-bond donors (Lipinski definition) is 0. The van der Waals surface area contributed by atoms with Gasteiger partial charge in [0.2, 0.25) is 11.8 Å². The molecule has 3 aliphatic heterocycles. The second-order valence-electron chi connectivity index (χ2n) is 10.3. The summed E-state index contributed by atoms with van der Waals surface area (Å²) in [5.41, 5.74) is 5.29. The van der Waals surface area contributed by atoms with Crippen molar-refractivity contribution >= 4 is 35.0 Å². The molecule has 2 aromatic rings. The molecule has 0 spiro atoms. The van der Waals surface area contributed by atoms with Crippen LogP contribution in [0, 0.1) is 27.7 Å². The molecule has 0 saturated carbocycles. The lowest BCUT2D eigenvalue weighted by Crippen LogP contribution is -2.56. The second-order valence-corrected chi connectivity index (χ2v) is 10.3. The highest BCUT2D eigenvalue weighted by molar-refractivity contribution is 6.23. The highest BCUT2D eigenvalue weighted by Gasteiger charge is 2.46. The zero-order valence-corrected chi connectivity index (χ0v) is 21.3. The normalized spacial score (nSPS) is 23.9. The quantitative estimate of drug-likeness (QED) is 0.616. The predicted molar refractivity (Wildman–Crippen MR) is 137 cm³/mol. The molecule has 8 nitrogen and oxygen atoms in total. The van der Waals surface area contributed by atoms with Crippen molar-refractivity contribution < 1.29 is 19.2 Å². The topological polar surface area (TPSA) is 81.2 Å². The van der Waals surface area contributed by atoms with Gasteiger partial charge in [-0.1, -0.05) is 12.1 Å². The van der Waals surface area contributed by atoms with E-state index in [-0.39, 0.29) is 36.5 Å². The fourth-order valence-electron chi connectivity index (χ4n) is 5.87. The van der Waals surface area contributed by atoms with Gasteiger partial charge in [-0.05, 0) is 74.2 Å². The van der Waals surface area contributed by atoms with E-state index < -0.39 is 12.1 Å². The van der Waals surface area contributed by atoms with E-state index in [2.05, 4.69) is 0 Å². The Balaban J connectivity index is 1.25. The molecule has 0 radical (unpaired) electrons. The maximum Gasteiger partial charge on any atom is 0.251 e. The summed E-state index contributed by atoms with van der Waals surface area (Å²) in [4.78, 5) is 58.9. The molecule has 2 unspecified atom stereocenters. The van der Waals surface area contributed by atoms with Crippen LogP contribution in [0.2, 0.25) is 0 Å². The number of benzene rings is 2. The van der Waals surface area contributed by atoms with Crippen LogP contribution in [0.15, 0.2) is 36.4 Å². The number of hydrogen-bond acceptors (Lipinski definition) is 6. The molecule has 2 aromatic carbocycles. The third-order valence-electron chi connectivity index (χ3n) is 7.41. The van der Waals surface area contributed by atoms with E-state index in [0.717, 1.165) is 22.3 Å². The van der Waals surface area contributed by atoms with Crippen molar-refractivity contribution in [2.24, 2.45) is 0 Å². The number of rotatable bonds is 4. The smallest absolute Gasteiger partial charge is 0.251 e. The monoisotopic (exact) mass is 488 g/mol. The summed E-state index contributed by atoms with van der Waals surface area (Å²) >= 11 is 0. The average Bonchev–Trinajstić information content (AvgIpc) is 3.26. The van der Waals surface area contributed by atoms with Crippen LogP contribution in [-0.4, -0.2) is 71.7 Å². The highest BCUT2D eigenvalue weighted by atomic mass is 16.2. The van der Waals surface area contributed by atoms with Gasteiger partial charge in [0.05, 0.1) is 36.3 Å². The maximum absolute atomic E-state index is 13.3. The zero-order chi connectivity index (χ0) is 25.7. The van der Waals surface area contributed by atoms with Crippen LogP contribution in [0.1, 0.15) is 35.1 Å². The first kappa shape index (κ1) is 24.3. The second kappa shape index (κ2) is 9.26. The highest BCUT2D eigenvalue weighted by Crippen LogP contribution is 2.30. The minimum absolute atomic E-state index is 0.160. The summed E-state index contributed by atoms with van der Waals surface area (Å²) in [7, 11) is 0. The van der Waals surface area contributed by atoms with Crippen LogP contribution < -0.4 is 9.80 Å². The van der Waals surface area contributed by atoms with Gasteiger partial charge in [-0.25, -0.2) is 9.80 Å². The summed E-state index contributed by atoms with van der Waals surface area (Å²) in [5, 5.41) is 0. The Hall–Kier alpha value is -3.36. The molecule has 0 aliphatic carbocycles. The Kier molecular flexibility index (Phi) is 6.26. The first-order valence-corrected chi connectivity index (χ1v) is 12.5. The molecule has 0 aromatic heterocycles. The van der Waals surface area contributed by atoms with Gasteiger partial charge in [0.1, 0.15) is 0 Å². The van der Waals surface area contributed by atoms with Gasteiger partial charge in [-0.2, -0.15) is 0 Å². The summed E-state index contributed by atoms with van der Waals surface area (Å²) in [6.45, 7) is 10.1. The summed E-state index contributed by atoms with van der Waals surface area (Å²) in [5.74, 6) is -0.741. The first-order valence-electron chi connectivity index (χ1n) is 12.5. The van der Waals surface area contributed by atoms with Crippen molar-refractivity contribution in [1.82, 2.24) is 9.80 Å². The molecule has 5 rings (SSSR count). The number of piperazine rings is 1. The Bertz CT molecular complexity index is 1130. The third-order valence-corrected chi connectivity index (χ3v) is 7.41. The van der Waals surface area contributed by atoms with E-state index >= 15 is 0 Å². The van der Waals surface area contributed by atoms with Gasteiger partial charge < -0.3 is 0 Å². The lowest BCUT2D eigenvalue weighted by Gasteiger charge is -2.38. The maximum atomic E-state index is 13.3. The van der Waals surface area contributed by atoms with E-state index in [1.807, 2.05) is 73.9 Å². The largest absolute Gasteiger partial charge is 0.289 e. The van der Waals surface area contributed by atoms with Crippen molar-refractivity contribution in [2.75, 3.05) is 36.0 Å². The number of aryl methyl sites for hydroxylation is 4. The van der Waals surface area contributed by atoms with Crippen molar-refractivity contribution in [3.8, 4) is 0 Å². The van der Waals surface area contributed by atoms with E-state index in [1.165, 1.54) is 9.80 Å². The lowest BCUT2D eigenvalue weighted by atomic mass is 10.1. The number of carbonyl (C=O) groups excluding carboxylic acids is 4. The minimum Gasteiger partial charge on any atom is -0.289 e. The van der Waals surface area contributed by atoms with E-state index in [0.29, 0.717) is 37.6 Å². The standard InChI is InChI=1S/C28H32N4O4/c1-17-9-18(2)12-21(11-17)31-25(33)15-23(27(31)35)29-5-7-30(8-6-29)24-16-26(34)32(28(24)36)22-13-19(3)10-20(4)14-22/h9-14,23-24H,5-8,15-16H2,1-4H3. The van der Waals surface area contributed by atoms with Gasteiger partial charge in [0.15, 0.2) is 0 Å². The molecule has 0 bridgehead atoms. The van der Waals surface area contributed by atoms with E-state index in [9.17, 15) is 19.2 Å². The number of amides is 4. The van der Waals surface area contributed by atoms with Crippen molar-refractivity contribution in [3.05, 3.63) is 58.7 Å². The lowest BCUT2D eigenvalue weighted by molar-refractivity contribution is -0.126. The molecule has 3 aliphatic rings. The Morgan fingerprint density at radius 3 is 1.14 bits per heavy atom. The molecule has 188 valence electrons. The van der Waals surface area contributed by atoms with Gasteiger partial charge in [-0.15, -0.1) is 0 Å². The van der Waals surface area contributed by atoms with Gasteiger partial charge >= 0.3 is 0 Å². The molecule has 3 heterocycles. The molecule has 2 atom stereocenters. The Labute approximate surface area is 211 Å². The molecule has 3 fully saturated rings. The van der Waals surface area contributed by atoms with Crippen molar-refractivity contribution in [3.63, 3.8) is 0 Å². The first-order chi connectivity index (χ1) is 17.1. The van der Waals surface area contributed by atoms with Crippen LogP contribution >= 0.6 is 0 Å². The Morgan fingerprint density at radius 2 is 0.833 bits per heavy atom. The van der Waals surface area contributed by atoms with E-state index in [1.54, 1.807) is 0 Å². The molecule has 8 heteroatoms. The molecule has 3 saturated heterocycles. The fraction of sp³-hybridized carbons (Fsp3) is 0.429. The van der Waals surface area contributed by atoms with Crippen LogP contribution in [0.3, 0.4) is 0 Å². The van der Waals surface area contributed by atoms with Crippen LogP contribution in [0.25, 0.3) is 0 Å². The zero-order valence-electron chi connectivity index (χ0n) is 21.3. The van der Waals surface area contributed by atoms with Gasteiger partial charge in [-0.3, -0.25) is 29.0 Å². The Morgan fingerprint density at radius 1 is 0.528 bits per heavy atom. The van der Waals surface area contributed by atoms with Gasteiger partial charge in [0, 0.05) is 26.2 Å². The van der Waals surface area contributed by atoms with Crippen LogP contribution in [0.5, 0.6) is 0 Å². The SMILES string of the molecule is Cc1cc(C)cc(N2C(=O)CC(N3CCN(C4CC(=O)N(c5cc(C)cc(C)c5)C4=O)CC3)C2=O)c1. The number of carbonyl (C=O) groups is 4. The van der Waals surface area contributed by atoms with Crippen molar-refractivity contribution in [1.29, 1.82) is 0 Å². The number of imide groups is 2. The minimum atomic E-state index is -0.492.